The van der Waals surface area contributed by atoms with Crippen molar-refractivity contribution in [2.24, 2.45) is 0 Å². The van der Waals surface area contributed by atoms with Crippen LogP contribution in [-0.2, 0) is 11.2 Å². The van der Waals surface area contributed by atoms with Gasteiger partial charge in [-0.3, -0.25) is 4.79 Å². The Kier molecular flexibility index (Phi) is 5.88. The van der Waals surface area contributed by atoms with Crippen LogP contribution in [0.4, 0.5) is 0 Å². The molecular weight excluding hydrogens is 266 g/mol. The van der Waals surface area contributed by atoms with E-state index in [-0.39, 0.29) is 5.91 Å². The van der Waals surface area contributed by atoms with E-state index in [0.717, 1.165) is 18.4 Å². The Hall–Kier alpha value is -2.05. The number of hydrogen-bond donors (Lipinski definition) is 1. The molecule has 0 aliphatic rings. The zero-order valence-electron chi connectivity index (χ0n) is 11.3. The van der Waals surface area contributed by atoms with Crippen LogP contribution in [0.25, 0.3) is 0 Å². The average Bonchev–Trinajstić information content (AvgIpc) is 2.98. The molecule has 102 valence electrons. The minimum Gasteiger partial charge on any atom is -0.345 e. The third-order valence-electron chi connectivity index (χ3n) is 2.79. The minimum absolute atomic E-state index is 0.0731. The van der Waals surface area contributed by atoms with Gasteiger partial charge in [-0.15, -0.1) is 11.3 Å². The number of nitrogens with one attached hydrogen (secondary N) is 1. The van der Waals surface area contributed by atoms with Crippen molar-refractivity contribution in [3.63, 3.8) is 0 Å². The van der Waals surface area contributed by atoms with Crippen LogP contribution in [0.1, 0.15) is 23.3 Å². The molecule has 0 bridgehead atoms. The molecule has 2 nitrogen and oxygen atoms in total. The van der Waals surface area contributed by atoms with Gasteiger partial charge in [-0.1, -0.05) is 36.1 Å². The molecule has 0 fully saturated rings. The molecule has 0 saturated carbocycles. The van der Waals surface area contributed by atoms with E-state index in [2.05, 4.69) is 28.6 Å². The Morgan fingerprint density at radius 2 is 2.00 bits per heavy atom. The molecule has 20 heavy (non-hydrogen) atoms. The van der Waals surface area contributed by atoms with E-state index in [1.165, 1.54) is 4.88 Å². The van der Waals surface area contributed by atoms with Crippen molar-refractivity contribution in [2.45, 2.75) is 19.3 Å². The third-order valence-corrected chi connectivity index (χ3v) is 3.72. The number of amides is 1. The van der Waals surface area contributed by atoms with Crippen LogP contribution < -0.4 is 5.32 Å². The Bertz CT molecular complexity index is 578. The van der Waals surface area contributed by atoms with Crippen LogP contribution in [-0.4, -0.2) is 12.5 Å². The maximum Gasteiger partial charge on any atom is 0.220 e. The molecular formula is C17H17NOS. The predicted molar refractivity (Wildman–Crippen MR) is 83.6 cm³/mol. The summed E-state index contributed by atoms with van der Waals surface area (Å²) < 4.78 is 0. The zero-order chi connectivity index (χ0) is 14.0. The molecule has 1 aromatic heterocycles. The summed E-state index contributed by atoms with van der Waals surface area (Å²) >= 11 is 1.74. The highest BCUT2D eigenvalue weighted by Gasteiger charge is 2.00. The summed E-state index contributed by atoms with van der Waals surface area (Å²) in [6, 6.07) is 13.9. The van der Waals surface area contributed by atoms with E-state index in [1.807, 2.05) is 36.4 Å². The number of carbonyl (C=O) groups is 1. The normalized spacial score (nSPS) is 9.60. The van der Waals surface area contributed by atoms with E-state index in [4.69, 9.17) is 0 Å². The Labute approximate surface area is 123 Å². The van der Waals surface area contributed by atoms with Crippen LogP contribution in [0.3, 0.4) is 0 Å². The van der Waals surface area contributed by atoms with Crippen LogP contribution >= 0.6 is 11.3 Å². The lowest BCUT2D eigenvalue weighted by atomic mass is 10.2. The molecule has 0 radical (unpaired) electrons. The van der Waals surface area contributed by atoms with Crippen LogP contribution in [0.5, 0.6) is 0 Å². The zero-order valence-corrected chi connectivity index (χ0v) is 12.1. The largest absolute Gasteiger partial charge is 0.345 e. The number of rotatable bonds is 5. The second-order valence-electron chi connectivity index (χ2n) is 4.38. The minimum atomic E-state index is 0.0731. The summed E-state index contributed by atoms with van der Waals surface area (Å²) in [4.78, 5) is 12.9. The van der Waals surface area contributed by atoms with Crippen molar-refractivity contribution in [1.29, 1.82) is 0 Å². The number of benzene rings is 1. The molecule has 0 saturated heterocycles. The van der Waals surface area contributed by atoms with Crippen LogP contribution in [0.15, 0.2) is 47.8 Å². The van der Waals surface area contributed by atoms with Gasteiger partial charge >= 0.3 is 0 Å². The molecule has 0 aliphatic carbocycles. The first-order chi connectivity index (χ1) is 9.84. The van der Waals surface area contributed by atoms with Gasteiger partial charge in [-0.2, -0.15) is 0 Å². The van der Waals surface area contributed by atoms with E-state index < -0.39 is 0 Å². The number of hydrogen-bond acceptors (Lipinski definition) is 2. The van der Waals surface area contributed by atoms with Crippen molar-refractivity contribution < 1.29 is 4.79 Å². The molecule has 0 atom stereocenters. The van der Waals surface area contributed by atoms with E-state index in [1.54, 1.807) is 11.3 Å². The molecule has 0 spiro atoms. The van der Waals surface area contributed by atoms with Gasteiger partial charge in [0.25, 0.3) is 0 Å². The fourth-order valence-corrected chi connectivity index (χ4v) is 2.53. The van der Waals surface area contributed by atoms with Gasteiger partial charge in [0.2, 0.25) is 5.91 Å². The standard InChI is InChI=1S/C17H17NOS/c19-17(12-4-10-16-11-6-14-20-16)18-13-5-9-15-7-2-1-3-8-15/h1-3,6-8,11,14H,4,10,12-13H2,(H,18,19). The molecule has 0 aliphatic heterocycles. The summed E-state index contributed by atoms with van der Waals surface area (Å²) in [7, 11) is 0. The molecule has 1 heterocycles. The first-order valence-corrected chi connectivity index (χ1v) is 7.55. The fourth-order valence-electron chi connectivity index (χ4n) is 1.78. The lowest BCUT2D eigenvalue weighted by Crippen LogP contribution is -2.23. The van der Waals surface area contributed by atoms with Gasteiger partial charge in [0.1, 0.15) is 0 Å². The SMILES string of the molecule is O=C(CCCc1cccs1)NCC#Cc1ccccc1. The highest BCUT2D eigenvalue weighted by molar-refractivity contribution is 7.09. The summed E-state index contributed by atoms with van der Waals surface area (Å²) in [5.74, 6) is 6.05. The van der Waals surface area contributed by atoms with Crippen molar-refractivity contribution in [2.75, 3.05) is 6.54 Å². The Morgan fingerprint density at radius 1 is 1.15 bits per heavy atom. The first-order valence-electron chi connectivity index (χ1n) is 6.67. The van der Waals surface area contributed by atoms with Crippen molar-refractivity contribution in [3.8, 4) is 11.8 Å². The van der Waals surface area contributed by atoms with E-state index in [0.29, 0.717) is 13.0 Å². The van der Waals surface area contributed by atoms with Crippen LogP contribution in [0, 0.1) is 11.8 Å². The first kappa shape index (κ1) is 14.4. The smallest absolute Gasteiger partial charge is 0.220 e. The summed E-state index contributed by atoms with van der Waals surface area (Å²) in [6.45, 7) is 0.409. The van der Waals surface area contributed by atoms with E-state index >= 15 is 0 Å². The molecule has 1 aromatic carbocycles. The number of thiophene rings is 1. The molecule has 2 aromatic rings. The lowest BCUT2D eigenvalue weighted by Gasteiger charge is -2.00. The lowest BCUT2D eigenvalue weighted by molar-refractivity contribution is -0.120. The van der Waals surface area contributed by atoms with Gasteiger partial charge in [0.15, 0.2) is 0 Å². The second-order valence-corrected chi connectivity index (χ2v) is 5.41. The van der Waals surface area contributed by atoms with Crippen molar-refractivity contribution >= 4 is 17.2 Å². The Balaban J connectivity index is 1.62. The highest BCUT2D eigenvalue weighted by Crippen LogP contribution is 2.11. The molecule has 0 unspecified atom stereocenters. The van der Waals surface area contributed by atoms with Gasteiger partial charge < -0.3 is 5.32 Å². The van der Waals surface area contributed by atoms with E-state index in [9.17, 15) is 4.79 Å². The van der Waals surface area contributed by atoms with Crippen molar-refractivity contribution in [1.82, 2.24) is 5.32 Å². The highest BCUT2D eigenvalue weighted by atomic mass is 32.1. The molecule has 1 N–H and O–H groups in total. The maximum atomic E-state index is 11.6. The van der Waals surface area contributed by atoms with Gasteiger partial charge in [0, 0.05) is 16.9 Å². The van der Waals surface area contributed by atoms with Crippen LogP contribution in [0.2, 0.25) is 0 Å². The summed E-state index contributed by atoms with van der Waals surface area (Å²) in [5, 5.41) is 4.89. The molecule has 3 heteroatoms. The predicted octanol–water partition coefficient (Wildman–Crippen LogP) is 3.24. The fraction of sp³-hybridized carbons (Fsp3) is 0.235. The van der Waals surface area contributed by atoms with Gasteiger partial charge in [0.05, 0.1) is 6.54 Å². The summed E-state index contributed by atoms with van der Waals surface area (Å²) in [5.41, 5.74) is 0.972. The Morgan fingerprint density at radius 3 is 2.75 bits per heavy atom. The second kappa shape index (κ2) is 8.19. The molecule has 1 amide bonds. The topological polar surface area (TPSA) is 29.1 Å². The third kappa shape index (κ3) is 5.29. The van der Waals surface area contributed by atoms with Gasteiger partial charge in [-0.05, 0) is 36.4 Å². The van der Waals surface area contributed by atoms with Gasteiger partial charge in [-0.25, -0.2) is 0 Å². The quantitative estimate of drug-likeness (QED) is 0.839. The summed E-state index contributed by atoms with van der Waals surface area (Å²) in [6.07, 6.45) is 2.42. The number of carbonyl (C=O) groups excluding carboxylic acids is 1. The average molecular weight is 283 g/mol. The van der Waals surface area contributed by atoms with Crippen molar-refractivity contribution in [3.05, 3.63) is 58.3 Å². The monoisotopic (exact) mass is 283 g/mol. The molecule has 2 rings (SSSR count). The number of aryl methyl sites for hydroxylation is 1. The maximum absolute atomic E-state index is 11.6.